The van der Waals surface area contributed by atoms with Crippen LogP contribution in [0.5, 0.6) is 11.5 Å². The molecule has 1 aliphatic heterocycles. The molecule has 0 amide bonds. The molecule has 2 aliphatic rings. The number of carbonyl (C=O) groups is 1. The summed E-state index contributed by atoms with van der Waals surface area (Å²) in [5.41, 5.74) is 1.18. The number of hydrogen-bond acceptors (Lipinski definition) is 6. The van der Waals surface area contributed by atoms with Crippen LogP contribution in [0.15, 0.2) is 18.2 Å². The van der Waals surface area contributed by atoms with Gasteiger partial charge in [0.1, 0.15) is 6.10 Å². The molecule has 1 saturated heterocycles. The molecule has 2 fully saturated rings. The highest BCUT2D eigenvalue weighted by Crippen LogP contribution is 2.30. The third-order valence-electron chi connectivity index (χ3n) is 5.82. The van der Waals surface area contributed by atoms with Crippen LogP contribution in [0.25, 0.3) is 0 Å². The topological polar surface area (TPSA) is 57.2 Å². The first-order chi connectivity index (χ1) is 13.6. The molecule has 0 spiro atoms. The van der Waals surface area contributed by atoms with Gasteiger partial charge >= 0.3 is 5.97 Å². The zero-order chi connectivity index (χ0) is 19.9. The highest BCUT2D eigenvalue weighted by molar-refractivity contribution is 5.66. The number of likely N-dealkylation sites (tertiary alicyclic amines) is 1. The number of rotatable bonds is 8. The zero-order valence-electron chi connectivity index (χ0n) is 17.3. The van der Waals surface area contributed by atoms with Crippen molar-refractivity contribution in [3.8, 4) is 11.5 Å². The third-order valence-corrected chi connectivity index (χ3v) is 5.82. The first kappa shape index (κ1) is 20.9. The normalized spacial score (nSPS) is 25.5. The lowest BCUT2D eigenvalue weighted by molar-refractivity contribution is -0.145. The van der Waals surface area contributed by atoms with Crippen LogP contribution in [0.2, 0.25) is 0 Å². The van der Waals surface area contributed by atoms with Crippen molar-refractivity contribution in [3.63, 3.8) is 0 Å². The van der Waals surface area contributed by atoms with E-state index in [-0.39, 0.29) is 18.2 Å². The van der Waals surface area contributed by atoms with E-state index >= 15 is 0 Å². The first-order valence-electron chi connectivity index (χ1n) is 10.3. The number of esters is 1. The molecule has 0 unspecified atom stereocenters. The summed E-state index contributed by atoms with van der Waals surface area (Å²) >= 11 is 0. The van der Waals surface area contributed by atoms with E-state index in [0.717, 1.165) is 50.3 Å². The predicted octanol–water partition coefficient (Wildman–Crippen LogP) is 3.21. The van der Waals surface area contributed by atoms with Crippen molar-refractivity contribution in [2.24, 2.45) is 0 Å². The SMILES string of the molecule is COc1ccc(CCO[C@H]2CCCC[C@@H]2N2CC[C@H](OC(C)=O)C2)cc1OC. The van der Waals surface area contributed by atoms with Crippen LogP contribution in [0.4, 0.5) is 0 Å². The number of ether oxygens (including phenoxy) is 4. The smallest absolute Gasteiger partial charge is 0.302 e. The minimum absolute atomic E-state index is 0.0341. The van der Waals surface area contributed by atoms with Crippen molar-refractivity contribution in [1.29, 1.82) is 0 Å². The summed E-state index contributed by atoms with van der Waals surface area (Å²) in [5, 5.41) is 0. The molecule has 1 heterocycles. The summed E-state index contributed by atoms with van der Waals surface area (Å²) in [6, 6.07) is 6.45. The molecule has 1 aliphatic carbocycles. The van der Waals surface area contributed by atoms with E-state index in [4.69, 9.17) is 18.9 Å². The number of methoxy groups -OCH3 is 2. The number of carbonyl (C=O) groups excluding carboxylic acids is 1. The van der Waals surface area contributed by atoms with Crippen LogP contribution in [-0.4, -0.2) is 63.0 Å². The lowest BCUT2D eigenvalue weighted by Gasteiger charge is -2.37. The fourth-order valence-electron chi connectivity index (χ4n) is 4.44. The quantitative estimate of drug-likeness (QED) is 0.634. The lowest BCUT2D eigenvalue weighted by Crippen LogP contribution is -2.46. The Labute approximate surface area is 168 Å². The lowest BCUT2D eigenvalue weighted by atomic mass is 9.91. The summed E-state index contributed by atoms with van der Waals surface area (Å²) in [5.74, 6) is 1.32. The zero-order valence-corrected chi connectivity index (χ0v) is 17.3. The Morgan fingerprint density at radius 1 is 1.11 bits per heavy atom. The fourth-order valence-corrected chi connectivity index (χ4v) is 4.44. The average Bonchev–Trinajstić information content (AvgIpc) is 3.15. The summed E-state index contributed by atoms with van der Waals surface area (Å²) < 4.78 is 22.4. The van der Waals surface area contributed by atoms with Crippen molar-refractivity contribution in [2.75, 3.05) is 33.9 Å². The molecule has 0 radical (unpaired) electrons. The number of hydrogen-bond donors (Lipinski definition) is 0. The van der Waals surface area contributed by atoms with Crippen LogP contribution in [0.1, 0.15) is 44.6 Å². The molecular weight excluding hydrogens is 358 g/mol. The van der Waals surface area contributed by atoms with Crippen LogP contribution < -0.4 is 9.47 Å². The summed E-state index contributed by atoms with van der Waals surface area (Å²) in [4.78, 5) is 13.7. The van der Waals surface area contributed by atoms with Gasteiger partial charge in [0.15, 0.2) is 11.5 Å². The summed E-state index contributed by atoms with van der Waals surface area (Å²) in [7, 11) is 3.30. The molecule has 0 aromatic heterocycles. The standard InChI is InChI=1S/C22H33NO5/c1-16(24)28-18-10-12-23(15-18)19-6-4-5-7-20(19)27-13-11-17-8-9-21(25-2)22(14-17)26-3/h8-9,14,18-20H,4-7,10-13,15H2,1-3H3/t18-,19-,20-/m0/s1. The van der Waals surface area contributed by atoms with Crippen LogP contribution in [-0.2, 0) is 20.7 Å². The van der Waals surface area contributed by atoms with Gasteiger partial charge in [0.2, 0.25) is 0 Å². The largest absolute Gasteiger partial charge is 0.493 e. The van der Waals surface area contributed by atoms with Gasteiger partial charge in [-0.2, -0.15) is 0 Å². The maximum Gasteiger partial charge on any atom is 0.302 e. The van der Waals surface area contributed by atoms with Gasteiger partial charge in [-0.3, -0.25) is 9.69 Å². The highest BCUT2D eigenvalue weighted by atomic mass is 16.5. The Morgan fingerprint density at radius 3 is 2.64 bits per heavy atom. The van der Waals surface area contributed by atoms with Crippen molar-refractivity contribution < 1.29 is 23.7 Å². The van der Waals surface area contributed by atoms with Gasteiger partial charge in [0.25, 0.3) is 0 Å². The molecule has 6 heteroatoms. The molecule has 1 aromatic rings. The molecule has 28 heavy (non-hydrogen) atoms. The predicted molar refractivity (Wildman–Crippen MR) is 107 cm³/mol. The van der Waals surface area contributed by atoms with E-state index < -0.39 is 0 Å². The van der Waals surface area contributed by atoms with Crippen LogP contribution in [0.3, 0.4) is 0 Å². The van der Waals surface area contributed by atoms with Gasteiger partial charge in [-0.05, 0) is 43.4 Å². The minimum atomic E-state index is -0.182. The van der Waals surface area contributed by atoms with E-state index in [2.05, 4.69) is 11.0 Å². The molecule has 1 aromatic carbocycles. The molecule has 3 atom stereocenters. The Hall–Kier alpha value is -1.79. The number of benzene rings is 1. The second kappa shape index (κ2) is 10.1. The van der Waals surface area contributed by atoms with E-state index in [1.807, 2.05) is 12.1 Å². The average molecular weight is 392 g/mol. The Bertz CT molecular complexity index is 650. The summed E-state index contributed by atoms with van der Waals surface area (Å²) in [6.45, 7) is 4.00. The monoisotopic (exact) mass is 391 g/mol. The van der Waals surface area contributed by atoms with Gasteiger partial charge in [-0.25, -0.2) is 0 Å². The molecular formula is C22H33NO5. The maximum atomic E-state index is 11.2. The van der Waals surface area contributed by atoms with Crippen molar-refractivity contribution in [1.82, 2.24) is 4.90 Å². The van der Waals surface area contributed by atoms with Crippen molar-refractivity contribution >= 4 is 5.97 Å². The second-order valence-electron chi connectivity index (χ2n) is 7.72. The second-order valence-corrected chi connectivity index (χ2v) is 7.72. The van der Waals surface area contributed by atoms with Crippen LogP contribution >= 0.6 is 0 Å². The van der Waals surface area contributed by atoms with Gasteiger partial charge in [0, 0.05) is 26.1 Å². The molecule has 6 nitrogen and oxygen atoms in total. The Kier molecular flexibility index (Phi) is 7.57. The third kappa shape index (κ3) is 5.39. The Balaban J connectivity index is 1.52. The minimum Gasteiger partial charge on any atom is -0.493 e. The van der Waals surface area contributed by atoms with E-state index in [1.54, 1.807) is 14.2 Å². The fraction of sp³-hybridized carbons (Fsp3) is 0.682. The molecule has 3 rings (SSSR count). The van der Waals surface area contributed by atoms with E-state index in [0.29, 0.717) is 12.6 Å². The van der Waals surface area contributed by atoms with Crippen molar-refractivity contribution in [3.05, 3.63) is 23.8 Å². The molecule has 0 bridgehead atoms. The van der Waals surface area contributed by atoms with Gasteiger partial charge in [-0.15, -0.1) is 0 Å². The van der Waals surface area contributed by atoms with Crippen molar-refractivity contribution in [2.45, 2.75) is 63.7 Å². The molecule has 0 N–H and O–H groups in total. The van der Waals surface area contributed by atoms with Crippen LogP contribution in [0, 0.1) is 0 Å². The first-order valence-corrected chi connectivity index (χ1v) is 10.3. The molecule has 1 saturated carbocycles. The summed E-state index contributed by atoms with van der Waals surface area (Å²) in [6.07, 6.45) is 6.79. The van der Waals surface area contributed by atoms with Gasteiger partial charge in [0.05, 0.1) is 26.9 Å². The highest BCUT2D eigenvalue weighted by Gasteiger charge is 2.36. The van der Waals surface area contributed by atoms with Gasteiger partial charge < -0.3 is 18.9 Å². The number of nitrogens with zero attached hydrogens (tertiary/aromatic N) is 1. The van der Waals surface area contributed by atoms with Gasteiger partial charge in [-0.1, -0.05) is 18.9 Å². The molecule has 156 valence electrons. The maximum absolute atomic E-state index is 11.2. The van der Waals surface area contributed by atoms with E-state index in [9.17, 15) is 4.79 Å². The van der Waals surface area contributed by atoms with E-state index in [1.165, 1.54) is 25.3 Å². The Morgan fingerprint density at radius 2 is 1.89 bits per heavy atom.